The topological polar surface area (TPSA) is 37.5 Å². The van der Waals surface area contributed by atoms with Crippen molar-refractivity contribution in [2.45, 2.75) is 39.2 Å². The number of hydrogen-bond donors (Lipinski definition) is 1. The third kappa shape index (κ3) is 1.95. The van der Waals surface area contributed by atoms with Gasteiger partial charge in [-0.05, 0) is 36.5 Å². The summed E-state index contributed by atoms with van der Waals surface area (Å²) in [6.07, 6.45) is 6.16. The maximum atomic E-state index is 9.23. The number of rotatable bonds is 2. The highest BCUT2D eigenvalue weighted by atomic mass is 16.3. The average molecular weight is 218 g/mol. The van der Waals surface area contributed by atoms with Crippen LogP contribution in [-0.4, -0.2) is 14.5 Å². The van der Waals surface area contributed by atoms with Crippen LogP contribution in [0.3, 0.4) is 0 Å². The summed E-state index contributed by atoms with van der Waals surface area (Å²) >= 11 is 0. The number of imidazole rings is 1. The van der Waals surface area contributed by atoms with Crippen molar-refractivity contribution in [1.29, 1.82) is 0 Å². The van der Waals surface area contributed by atoms with Crippen LogP contribution in [0.15, 0.2) is 24.7 Å². The summed E-state index contributed by atoms with van der Waals surface area (Å²) in [5, 5.41) is 9.23. The van der Waals surface area contributed by atoms with Gasteiger partial charge in [-0.2, -0.15) is 0 Å². The summed E-state index contributed by atoms with van der Waals surface area (Å²) in [6, 6.07) is 4.26. The molecule has 0 aliphatic heterocycles. The van der Waals surface area contributed by atoms with Gasteiger partial charge in [0.25, 0.3) is 0 Å². The first-order valence-electron chi connectivity index (χ1n) is 5.94. The lowest BCUT2D eigenvalue weighted by atomic mass is 10.1. The molecular formula is C13H18N2O. The van der Waals surface area contributed by atoms with Crippen molar-refractivity contribution >= 4 is 5.52 Å². The molecule has 0 unspecified atom stereocenters. The van der Waals surface area contributed by atoms with Crippen molar-refractivity contribution in [2.24, 2.45) is 0 Å². The van der Waals surface area contributed by atoms with Crippen LogP contribution in [0.1, 0.15) is 43.9 Å². The van der Waals surface area contributed by atoms with Crippen molar-refractivity contribution in [1.82, 2.24) is 9.38 Å². The molecule has 2 heterocycles. The molecule has 3 rings (SSSR count). The van der Waals surface area contributed by atoms with E-state index in [2.05, 4.69) is 17.1 Å². The molecule has 0 atom stereocenters. The minimum atomic E-state index is 0.0768. The highest BCUT2D eigenvalue weighted by Crippen LogP contribution is 2.40. The van der Waals surface area contributed by atoms with E-state index in [0.29, 0.717) is 0 Å². The maximum absolute atomic E-state index is 9.23. The monoisotopic (exact) mass is 218 g/mol. The third-order valence-electron chi connectivity index (χ3n) is 2.84. The molecule has 2 aromatic heterocycles. The Hall–Kier alpha value is -1.35. The summed E-state index contributed by atoms with van der Waals surface area (Å²) in [5.74, 6) is 0.722. The molecule has 3 nitrogen and oxygen atoms in total. The fourth-order valence-electron chi connectivity index (χ4n) is 1.90. The lowest BCUT2D eigenvalue weighted by Crippen LogP contribution is -1.97. The Labute approximate surface area is 95.8 Å². The van der Waals surface area contributed by atoms with Gasteiger partial charge in [0.1, 0.15) is 0 Å². The molecule has 0 saturated heterocycles. The second kappa shape index (κ2) is 4.66. The van der Waals surface area contributed by atoms with Crippen molar-refractivity contribution < 1.29 is 5.11 Å². The van der Waals surface area contributed by atoms with Gasteiger partial charge in [0.2, 0.25) is 0 Å². The fraction of sp³-hybridized carbons (Fsp3) is 0.462. The van der Waals surface area contributed by atoms with Crippen LogP contribution in [0, 0.1) is 0 Å². The van der Waals surface area contributed by atoms with Gasteiger partial charge in [0.15, 0.2) is 0 Å². The van der Waals surface area contributed by atoms with Crippen molar-refractivity contribution in [3.8, 4) is 0 Å². The second-order valence-corrected chi connectivity index (χ2v) is 3.90. The fourth-order valence-corrected chi connectivity index (χ4v) is 1.90. The van der Waals surface area contributed by atoms with E-state index in [9.17, 15) is 5.11 Å². The molecule has 1 saturated carbocycles. The number of aliphatic hydroxyl groups excluding tert-OH is 1. The van der Waals surface area contributed by atoms with E-state index in [4.69, 9.17) is 0 Å². The molecular weight excluding hydrogens is 200 g/mol. The summed E-state index contributed by atoms with van der Waals surface area (Å²) in [6.45, 7) is 4.08. The van der Waals surface area contributed by atoms with Crippen LogP contribution in [-0.2, 0) is 6.61 Å². The highest BCUT2D eigenvalue weighted by Gasteiger charge is 2.24. The smallest absolute Gasteiger partial charge is 0.0995 e. The van der Waals surface area contributed by atoms with E-state index in [-0.39, 0.29) is 6.61 Å². The normalized spacial score (nSPS) is 14.7. The predicted molar refractivity (Wildman–Crippen MR) is 64.4 cm³/mol. The number of aliphatic hydroxyl groups is 1. The van der Waals surface area contributed by atoms with Gasteiger partial charge in [-0.3, -0.25) is 0 Å². The SMILES string of the molecule is CC.OCc1cc(C2CC2)cc2cncn12. The molecule has 1 aliphatic carbocycles. The van der Waals surface area contributed by atoms with E-state index >= 15 is 0 Å². The van der Waals surface area contributed by atoms with Gasteiger partial charge in [-0.25, -0.2) is 4.98 Å². The van der Waals surface area contributed by atoms with E-state index in [1.165, 1.54) is 18.4 Å². The Morgan fingerprint density at radius 1 is 1.38 bits per heavy atom. The number of pyridine rings is 1. The van der Waals surface area contributed by atoms with Crippen LogP contribution in [0.5, 0.6) is 0 Å². The summed E-state index contributed by atoms with van der Waals surface area (Å²) < 4.78 is 1.94. The van der Waals surface area contributed by atoms with E-state index in [1.807, 2.05) is 24.4 Å². The summed E-state index contributed by atoms with van der Waals surface area (Å²) in [7, 11) is 0. The zero-order valence-corrected chi connectivity index (χ0v) is 9.85. The van der Waals surface area contributed by atoms with Gasteiger partial charge in [-0.15, -0.1) is 0 Å². The molecule has 86 valence electrons. The van der Waals surface area contributed by atoms with E-state index in [0.717, 1.165) is 17.1 Å². The molecule has 0 aromatic carbocycles. The lowest BCUT2D eigenvalue weighted by molar-refractivity contribution is 0.275. The largest absolute Gasteiger partial charge is 0.390 e. The Kier molecular flexibility index (Phi) is 3.25. The molecule has 0 spiro atoms. The molecule has 0 amide bonds. The van der Waals surface area contributed by atoms with Gasteiger partial charge in [0, 0.05) is 5.69 Å². The zero-order chi connectivity index (χ0) is 11.5. The van der Waals surface area contributed by atoms with Crippen LogP contribution < -0.4 is 0 Å². The Morgan fingerprint density at radius 2 is 2.12 bits per heavy atom. The molecule has 1 N–H and O–H groups in total. The maximum Gasteiger partial charge on any atom is 0.0995 e. The molecule has 2 aromatic rings. The number of nitrogens with zero attached hydrogens (tertiary/aromatic N) is 2. The number of hydrogen-bond acceptors (Lipinski definition) is 2. The Balaban J connectivity index is 0.000000457. The molecule has 0 radical (unpaired) electrons. The van der Waals surface area contributed by atoms with Crippen molar-refractivity contribution in [3.05, 3.63) is 35.9 Å². The van der Waals surface area contributed by atoms with E-state index < -0.39 is 0 Å². The first-order chi connectivity index (χ1) is 7.88. The summed E-state index contributed by atoms with van der Waals surface area (Å²) in [4.78, 5) is 4.08. The average Bonchev–Trinajstić information content (AvgIpc) is 3.09. The quantitative estimate of drug-likeness (QED) is 0.841. The number of fused-ring (bicyclic) bond motifs is 1. The van der Waals surface area contributed by atoms with Crippen LogP contribution >= 0.6 is 0 Å². The molecule has 3 heteroatoms. The predicted octanol–water partition coefficient (Wildman–Crippen LogP) is 2.73. The van der Waals surface area contributed by atoms with Gasteiger partial charge in [-0.1, -0.05) is 13.8 Å². The highest BCUT2D eigenvalue weighted by molar-refractivity contribution is 5.50. The summed E-state index contributed by atoms with van der Waals surface area (Å²) in [5.41, 5.74) is 3.36. The minimum absolute atomic E-state index is 0.0768. The van der Waals surface area contributed by atoms with Gasteiger partial charge in [0.05, 0.1) is 24.6 Å². The first-order valence-corrected chi connectivity index (χ1v) is 5.94. The molecule has 1 aliphatic rings. The zero-order valence-electron chi connectivity index (χ0n) is 9.85. The second-order valence-electron chi connectivity index (χ2n) is 3.90. The van der Waals surface area contributed by atoms with Crippen molar-refractivity contribution in [3.63, 3.8) is 0 Å². The standard InChI is InChI=1S/C11H12N2O.C2H6/c14-6-11-4-9(8-1-2-8)3-10-5-12-7-13(10)11;1-2/h3-5,7-8,14H,1-2,6H2;1-2H3. The molecule has 0 bridgehead atoms. The molecule has 16 heavy (non-hydrogen) atoms. The molecule has 1 fully saturated rings. The van der Waals surface area contributed by atoms with Crippen LogP contribution in [0.4, 0.5) is 0 Å². The van der Waals surface area contributed by atoms with Gasteiger partial charge < -0.3 is 9.51 Å². The van der Waals surface area contributed by atoms with Gasteiger partial charge >= 0.3 is 0 Å². The van der Waals surface area contributed by atoms with Crippen LogP contribution in [0.2, 0.25) is 0 Å². The van der Waals surface area contributed by atoms with Crippen LogP contribution in [0.25, 0.3) is 5.52 Å². The Bertz CT molecular complexity index is 472. The Morgan fingerprint density at radius 3 is 2.75 bits per heavy atom. The number of aromatic nitrogens is 2. The third-order valence-corrected chi connectivity index (χ3v) is 2.84. The lowest BCUT2D eigenvalue weighted by Gasteiger charge is -2.05. The minimum Gasteiger partial charge on any atom is -0.390 e. The van der Waals surface area contributed by atoms with Crippen molar-refractivity contribution in [2.75, 3.05) is 0 Å². The van der Waals surface area contributed by atoms with E-state index in [1.54, 1.807) is 6.33 Å². The first kappa shape index (κ1) is 11.1.